The fourth-order valence-corrected chi connectivity index (χ4v) is 3.98. The van der Waals surface area contributed by atoms with Crippen molar-refractivity contribution < 1.29 is 9.59 Å². The van der Waals surface area contributed by atoms with Crippen LogP contribution in [-0.2, 0) is 4.79 Å². The molecule has 0 saturated carbocycles. The molecule has 0 unspecified atom stereocenters. The number of carbonyl (C=O) groups is 2. The van der Waals surface area contributed by atoms with Crippen LogP contribution in [0.3, 0.4) is 0 Å². The van der Waals surface area contributed by atoms with Crippen molar-refractivity contribution in [1.82, 2.24) is 14.8 Å². The van der Waals surface area contributed by atoms with Gasteiger partial charge in [-0.15, -0.1) is 11.3 Å². The lowest BCUT2D eigenvalue weighted by Crippen LogP contribution is -2.50. The van der Waals surface area contributed by atoms with E-state index in [1.54, 1.807) is 23.2 Å². The van der Waals surface area contributed by atoms with E-state index in [-0.39, 0.29) is 11.8 Å². The number of aromatic nitrogens is 1. The summed E-state index contributed by atoms with van der Waals surface area (Å²) in [6, 6.07) is 13.7. The molecule has 1 aliphatic rings. The highest BCUT2D eigenvalue weighted by Crippen LogP contribution is 2.28. The van der Waals surface area contributed by atoms with Gasteiger partial charge >= 0.3 is 0 Å². The van der Waals surface area contributed by atoms with Gasteiger partial charge in [-0.25, -0.2) is 4.98 Å². The predicted molar refractivity (Wildman–Crippen MR) is 103 cm³/mol. The molecule has 132 valence electrons. The van der Waals surface area contributed by atoms with Crippen LogP contribution in [0.15, 0.2) is 47.8 Å². The van der Waals surface area contributed by atoms with Crippen molar-refractivity contribution in [2.45, 2.75) is 6.92 Å². The predicted octanol–water partition coefficient (Wildman–Crippen LogP) is 3.27. The number of piperazine rings is 1. The van der Waals surface area contributed by atoms with Crippen molar-refractivity contribution in [2.24, 2.45) is 0 Å². The van der Waals surface area contributed by atoms with Crippen LogP contribution in [0.4, 0.5) is 0 Å². The van der Waals surface area contributed by atoms with Gasteiger partial charge in [-0.05, 0) is 23.6 Å². The van der Waals surface area contributed by atoms with Gasteiger partial charge in [0.1, 0.15) is 0 Å². The zero-order valence-corrected chi connectivity index (χ0v) is 15.3. The average molecular weight is 365 g/mol. The summed E-state index contributed by atoms with van der Waals surface area (Å²) >= 11 is 1.61. The van der Waals surface area contributed by atoms with Gasteiger partial charge in [-0.2, -0.15) is 0 Å². The first-order chi connectivity index (χ1) is 12.6. The summed E-state index contributed by atoms with van der Waals surface area (Å²) in [7, 11) is 0. The monoisotopic (exact) mass is 365 g/mol. The van der Waals surface area contributed by atoms with Crippen molar-refractivity contribution in [3.05, 3.63) is 53.4 Å². The molecule has 1 aliphatic heterocycles. The number of nitrogens with zero attached hydrogens (tertiary/aromatic N) is 3. The molecule has 0 aliphatic carbocycles. The minimum atomic E-state index is 0.00427. The number of benzene rings is 1. The standard InChI is InChI=1S/C20H19N3O2S/c1-14(24)22-8-10-23(11-9-22)20(25)16-13-18(19-7-4-12-26-19)21-17-6-3-2-5-15(16)17/h2-7,12-13H,8-11H2,1H3. The van der Waals surface area contributed by atoms with E-state index >= 15 is 0 Å². The lowest BCUT2D eigenvalue weighted by Gasteiger charge is -2.34. The lowest BCUT2D eigenvalue weighted by atomic mass is 10.1. The quantitative estimate of drug-likeness (QED) is 0.700. The van der Waals surface area contributed by atoms with Gasteiger partial charge < -0.3 is 9.80 Å². The maximum absolute atomic E-state index is 13.2. The van der Waals surface area contributed by atoms with Crippen molar-refractivity contribution in [3.63, 3.8) is 0 Å². The SMILES string of the molecule is CC(=O)N1CCN(C(=O)c2cc(-c3cccs3)nc3ccccc23)CC1. The fraction of sp³-hybridized carbons (Fsp3) is 0.250. The molecule has 0 N–H and O–H groups in total. The number of para-hydroxylation sites is 1. The topological polar surface area (TPSA) is 53.5 Å². The number of amides is 2. The van der Waals surface area contributed by atoms with Crippen molar-refractivity contribution >= 4 is 34.1 Å². The minimum absolute atomic E-state index is 0.00427. The largest absolute Gasteiger partial charge is 0.339 e. The van der Waals surface area contributed by atoms with Crippen LogP contribution in [0, 0.1) is 0 Å². The van der Waals surface area contributed by atoms with Crippen LogP contribution in [0.1, 0.15) is 17.3 Å². The molecule has 0 bridgehead atoms. The van der Waals surface area contributed by atoms with E-state index in [2.05, 4.69) is 0 Å². The van der Waals surface area contributed by atoms with E-state index in [0.29, 0.717) is 31.7 Å². The highest BCUT2D eigenvalue weighted by Gasteiger charge is 2.25. The highest BCUT2D eigenvalue weighted by atomic mass is 32.1. The number of hydrogen-bond donors (Lipinski definition) is 0. The van der Waals surface area contributed by atoms with Gasteiger partial charge in [0.05, 0.1) is 21.7 Å². The molecule has 1 saturated heterocycles. The van der Waals surface area contributed by atoms with Gasteiger partial charge in [0.2, 0.25) is 5.91 Å². The summed E-state index contributed by atoms with van der Waals surface area (Å²) in [5.74, 6) is 0.0658. The molecule has 0 atom stereocenters. The second-order valence-corrected chi connectivity index (χ2v) is 7.30. The highest BCUT2D eigenvalue weighted by molar-refractivity contribution is 7.13. The van der Waals surface area contributed by atoms with Crippen LogP contribution < -0.4 is 0 Å². The maximum Gasteiger partial charge on any atom is 0.254 e. The van der Waals surface area contributed by atoms with Gasteiger partial charge in [0.15, 0.2) is 0 Å². The van der Waals surface area contributed by atoms with Crippen molar-refractivity contribution in [1.29, 1.82) is 0 Å². The van der Waals surface area contributed by atoms with E-state index in [1.807, 2.05) is 52.7 Å². The Kier molecular flexibility index (Phi) is 4.42. The summed E-state index contributed by atoms with van der Waals surface area (Å²) in [6.45, 7) is 3.86. The van der Waals surface area contributed by atoms with E-state index in [1.165, 1.54) is 0 Å². The Morgan fingerprint density at radius 1 is 1.00 bits per heavy atom. The summed E-state index contributed by atoms with van der Waals surface area (Å²) in [4.78, 5) is 34.1. The van der Waals surface area contributed by atoms with Crippen molar-refractivity contribution in [2.75, 3.05) is 26.2 Å². The number of fused-ring (bicyclic) bond motifs is 1. The third-order valence-corrected chi connectivity index (χ3v) is 5.62. The third-order valence-electron chi connectivity index (χ3n) is 4.73. The molecule has 3 aromatic rings. The van der Waals surface area contributed by atoms with Crippen LogP contribution in [0.5, 0.6) is 0 Å². The molecule has 0 radical (unpaired) electrons. The normalized spacial score (nSPS) is 14.7. The molecule has 0 spiro atoms. The van der Waals surface area contributed by atoms with Gasteiger partial charge in [0, 0.05) is 38.5 Å². The van der Waals surface area contributed by atoms with Crippen molar-refractivity contribution in [3.8, 4) is 10.6 Å². The molecule has 2 amide bonds. The minimum Gasteiger partial charge on any atom is -0.339 e. The molecular formula is C20H19N3O2S. The fourth-order valence-electron chi connectivity index (χ4n) is 3.30. The van der Waals surface area contributed by atoms with Gasteiger partial charge in [-0.1, -0.05) is 24.3 Å². The Morgan fingerprint density at radius 3 is 2.42 bits per heavy atom. The van der Waals surface area contributed by atoms with Gasteiger partial charge in [-0.3, -0.25) is 9.59 Å². The van der Waals surface area contributed by atoms with Crippen LogP contribution in [0.25, 0.3) is 21.5 Å². The Balaban J connectivity index is 1.71. The lowest BCUT2D eigenvalue weighted by molar-refractivity contribution is -0.130. The second-order valence-electron chi connectivity index (χ2n) is 6.35. The Morgan fingerprint density at radius 2 is 1.73 bits per heavy atom. The number of pyridine rings is 1. The zero-order chi connectivity index (χ0) is 18.1. The Hall–Kier alpha value is -2.73. The zero-order valence-electron chi connectivity index (χ0n) is 14.5. The van der Waals surface area contributed by atoms with Crippen LogP contribution in [0.2, 0.25) is 0 Å². The molecule has 6 heteroatoms. The molecule has 26 heavy (non-hydrogen) atoms. The van der Waals surface area contributed by atoms with E-state index in [9.17, 15) is 9.59 Å². The molecular weight excluding hydrogens is 346 g/mol. The molecule has 1 aromatic carbocycles. The molecule has 5 nitrogen and oxygen atoms in total. The number of hydrogen-bond acceptors (Lipinski definition) is 4. The Bertz CT molecular complexity index is 960. The third kappa shape index (κ3) is 3.08. The first kappa shape index (κ1) is 16.7. The summed E-state index contributed by atoms with van der Waals surface area (Å²) in [5.41, 5.74) is 2.32. The van der Waals surface area contributed by atoms with Gasteiger partial charge in [0.25, 0.3) is 5.91 Å². The number of carbonyl (C=O) groups excluding carboxylic acids is 2. The average Bonchev–Trinajstić information content (AvgIpc) is 3.21. The molecule has 2 aromatic heterocycles. The number of thiophene rings is 1. The van der Waals surface area contributed by atoms with E-state index in [4.69, 9.17) is 4.98 Å². The first-order valence-electron chi connectivity index (χ1n) is 8.62. The first-order valence-corrected chi connectivity index (χ1v) is 9.50. The molecule has 4 rings (SSSR count). The number of rotatable bonds is 2. The van der Waals surface area contributed by atoms with E-state index < -0.39 is 0 Å². The van der Waals surface area contributed by atoms with Crippen LogP contribution in [-0.4, -0.2) is 52.8 Å². The summed E-state index contributed by atoms with van der Waals surface area (Å²) in [5, 5.41) is 2.88. The summed E-state index contributed by atoms with van der Waals surface area (Å²) < 4.78 is 0. The molecule has 1 fully saturated rings. The maximum atomic E-state index is 13.2. The summed E-state index contributed by atoms with van der Waals surface area (Å²) in [6.07, 6.45) is 0. The van der Waals surface area contributed by atoms with Crippen LogP contribution >= 0.6 is 11.3 Å². The molecule has 3 heterocycles. The second kappa shape index (κ2) is 6.88. The Labute approximate surface area is 155 Å². The smallest absolute Gasteiger partial charge is 0.254 e. The van der Waals surface area contributed by atoms with E-state index in [0.717, 1.165) is 21.5 Å².